The van der Waals surface area contributed by atoms with Crippen molar-refractivity contribution >= 4 is 17.7 Å². The second kappa shape index (κ2) is 8.35. The van der Waals surface area contributed by atoms with Gasteiger partial charge in [0.2, 0.25) is 5.91 Å². The zero-order valence-electron chi connectivity index (χ0n) is 13.0. The topological polar surface area (TPSA) is 89.3 Å². The molecule has 1 aromatic heterocycles. The molecule has 0 bridgehead atoms. The summed E-state index contributed by atoms with van der Waals surface area (Å²) in [7, 11) is 1.58. The Kier molecular flexibility index (Phi) is 7.13. The van der Waals surface area contributed by atoms with Crippen molar-refractivity contribution in [2.75, 3.05) is 26.0 Å². The molecule has 0 saturated carbocycles. The molecule has 1 unspecified atom stereocenters. The predicted octanol–water partition coefficient (Wildman–Crippen LogP) is 0.855. The lowest BCUT2D eigenvalue weighted by Crippen LogP contribution is -2.42. The molecule has 7 nitrogen and oxygen atoms in total. The van der Waals surface area contributed by atoms with Gasteiger partial charge in [-0.2, -0.15) is 0 Å². The van der Waals surface area contributed by atoms with Gasteiger partial charge in [-0.3, -0.25) is 4.79 Å². The number of rotatable bonds is 9. The third-order valence-electron chi connectivity index (χ3n) is 2.94. The van der Waals surface area contributed by atoms with Gasteiger partial charge in [0.05, 0.1) is 11.4 Å². The first-order chi connectivity index (χ1) is 9.85. The van der Waals surface area contributed by atoms with Gasteiger partial charge in [-0.15, -0.1) is 10.2 Å². The molecule has 1 amide bonds. The average molecular weight is 316 g/mol. The molecule has 0 radical (unpaired) electrons. The maximum atomic E-state index is 11.8. The molecule has 0 aliphatic heterocycles. The number of carbonyl (C=O) groups is 1. The van der Waals surface area contributed by atoms with Crippen LogP contribution in [0.3, 0.4) is 0 Å². The van der Waals surface area contributed by atoms with Crippen LogP contribution in [0.1, 0.15) is 33.2 Å². The number of aliphatic hydroxyl groups is 1. The van der Waals surface area contributed by atoms with Crippen LogP contribution in [0.4, 0.5) is 0 Å². The Morgan fingerprint density at radius 3 is 2.95 bits per heavy atom. The molecule has 2 N–H and O–H groups in total. The van der Waals surface area contributed by atoms with E-state index >= 15 is 0 Å². The predicted molar refractivity (Wildman–Crippen MR) is 81.3 cm³/mol. The van der Waals surface area contributed by atoms with Crippen molar-refractivity contribution in [3.63, 3.8) is 0 Å². The van der Waals surface area contributed by atoms with Crippen LogP contribution in [0.2, 0.25) is 0 Å². The Morgan fingerprint density at radius 1 is 1.62 bits per heavy atom. The zero-order chi connectivity index (χ0) is 15.9. The van der Waals surface area contributed by atoms with E-state index in [2.05, 4.69) is 15.5 Å². The molecule has 8 heteroatoms. The van der Waals surface area contributed by atoms with Crippen LogP contribution < -0.4 is 5.32 Å². The smallest absolute Gasteiger partial charge is 0.230 e. The van der Waals surface area contributed by atoms with Crippen LogP contribution in [-0.2, 0) is 9.53 Å². The molecular formula is C13H24N4O3S. The summed E-state index contributed by atoms with van der Waals surface area (Å²) < 4.78 is 6.83. The summed E-state index contributed by atoms with van der Waals surface area (Å²) in [6, 6.07) is 0.250. The molecule has 0 fully saturated rings. The van der Waals surface area contributed by atoms with Crippen LogP contribution >= 0.6 is 11.8 Å². The molecular weight excluding hydrogens is 292 g/mol. The first-order valence-electron chi connectivity index (χ1n) is 6.86. The molecule has 0 aromatic carbocycles. The zero-order valence-corrected chi connectivity index (χ0v) is 13.8. The fourth-order valence-electron chi connectivity index (χ4n) is 1.57. The van der Waals surface area contributed by atoms with Gasteiger partial charge in [-0.25, -0.2) is 0 Å². The number of thioether (sulfide) groups is 1. The Hall–Kier alpha value is -1.12. The van der Waals surface area contributed by atoms with Gasteiger partial charge >= 0.3 is 0 Å². The van der Waals surface area contributed by atoms with E-state index in [9.17, 15) is 9.90 Å². The highest BCUT2D eigenvalue weighted by Crippen LogP contribution is 2.18. The molecule has 21 heavy (non-hydrogen) atoms. The third kappa shape index (κ3) is 6.45. The van der Waals surface area contributed by atoms with Crippen LogP contribution in [0, 0.1) is 0 Å². The van der Waals surface area contributed by atoms with E-state index in [1.165, 1.54) is 11.8 Å². The highest BCUT2D eigenvalue weighted by molar-refractivity contribution is 7.99. The van der Waals surface area contributed by atoms with Crippen molar-refractivity contribution in [1.29, 1.82) is 0 Å². The number of hydrogen-bond acceptors (Lipinski definition) is 6. The summed E-state index contributed by atoms with van der Waals surface area (Å²) in [4.78, 5) is 11.8. The average Bonchev–Trinajstić information content (AvgIpc) is 2.89. The van der Waals surface area contributed by atoms with Crippen molar-refractivity contribution in [2.45, 2.75) is 44.0 Å². The number of nitrogens with zero attached hydrogens (tertiary/aromatic N) is 3. The molecule has 1 aromatic rings. The van der Waals surface area contributed by atoms with Crippen LogP contribution in [0.5, 0.6) is 0 Å². The Balaban J connectivity index is 2.36. The van der Waals surface area contributed by atoms with E-state index in [-0.39, 0.29) is 24.2 Å². The molecule has 1 atom stereocenters. The molecule has 1 rings (SSSR count). The summed E-state index contributed by atoms with van der Waals surface area (Å²) in [6.45, 7) is 6.39. The van der Waals surface area contributed by atoms with Gasteiger partial charge in [0.25, 0.3) is 0 Å². The molecule has 0 spiro atoms. The van der Waals surface area contributed by atoms with Crippen molar-refractivity contribution in [1.82, 2.24) is 20.1 Å². The van der Waals surface area contributed by atoms with Gasteiger partial charge in [0.1, 0.15) is 6.33 Å². The lowest BCUT2D eigenvalue weighted by atomic mass is 10.0. The third-order valence-corrected chi connectivity index (χ3v) is 3.90. The van der Waals surface area contributed by atoms with E-state index in [1.807, 2.05) is 18.4 Å². The van der Waals surface area contributed by atoms with Gasteiger partial charge in [0, 0.05) is 32.7 Å². The maximum Gasteiger partial charge on any atom is 0.230 e. The maximum absolute atomic E-state index is 11.8. The first kappa shape index (κ1) is 17.9. The van der Waals surface area contributed by atoms with Crippen LogP contribution in [0.25, 0.3) is 0 Å². The summed E-state index contributed by atoms with van der Waals surface area (Å²) in [5.74, 6) is 0.0992. The second-order valence-electron chi connectivity index (χ2n) is 5.42. The number of aromatic nitrogens is 3. The van der Waals surface area contributed by atoms with Crippen LogP contribution in [0.15, 0.2) is 11.5 Å². The van der Waals surface area contributed by atoms with E-state index in [1.54, 1.807) is 20.4 Å². The lowest BCUT2D eigenvalue weighted by molar-refractivity contribution is -0.119. The standard InChI is InChI=1S/C13H24N4O3S/c1-10(2)17-9-15-16-12(17)21-7-11(18)14-8-13(3,19)5-6-20-4/h9-10,19H,5-8H2,1-4H3,(H,14,18). The van der Waals surface area contributed by atoms with Gasteiger partial charge in [0.15, 0.2) is 5.16 Å². The Bertz CT molecular complexity index is 448. The van der Waals surface area contributed by atoms with E-state index < -0.39 is 5.60 Å². The number of hydrogen-bond donors (Lipinski definition) is 2. The molecule has 120 valence electrons. The van der Waals surface area contributed by atoms with E-state index in [0.717, 1.165) is 0 Å². The van der Waals surface area contributed by atoms with Gasteiger partial charge < -0.3 is 19.7 Å². The van der Waals surface area contributed by atoms with Gasteiger partial charge in [-0.05, 0) is 20.8 Å². The van der Waals surface area contributed by atoms with Gasteiger partial charge in [-0.1, -0.05) is 11.8 Å². The second-order valence-corrected chi connectivity index (χ2v) is 6.36. The van der Waals surface area contributed by atoms with Crippen molar-refractivity contribution in [2.24, 2.45) is 0 Å². The number of amides is 1. The number of ether oxygens (including phenoxy) is 1. The quantitative estimate of drug-likeness (QED) is 0.657. The van der Waals surface area contributed by atoms with E-state index in [0.29, 0.717) is 18.2 Å². The highest BCUT2D eigenvalue weighted by Gasteiger charge is 2.21. The molecule has 0 aliphatic carbocycles. The monoisotopic (exact) mass is 316 g/mol. The van der Waals surface area contributed by atoms with Crippen molar-refractivity contribution < 1.29 is 14.6 Å². The van der Waals surface area contributed by atoms with Crippen molar-refractivity contribution in [3.05, 3.63) is 6.33 Å². The minimum atomic E-state index is -0.964. The molecule has 0 aliphatic rings. The Morgan fingerprint density at radius 2 is 2.33 bits per heavy atom. The fourth-order valence-corrected chi connectivity index (χ4v) is 2.44. The minimum Gasteiger partial charge on any atom is -0.388 e. The largest absolute Gasteiger partial charge is 0.388 e. The summed E-state index contributed by atoms with van der Waals surface area (Å²) in [6.07, 6.45) is 2.12. The lowest BCUT2D eigenvalue weighted by Gasteiger charge is -2.23. The number of carbonyl (C=O) groups excluding carboxylic acids is 1. The first-order valence-corrected chi connectivity index (χ1v) is 7.84. The minimum absolute atomic E-state index is 0.143. The Labute approximate surface area is 129 Å². The van der Waals surface area contributed by atoms with E-state index in [4.69, 9.17) is 4.74 Å². The van der Waals surface area contributed by atoms with Crippen LogP contribution in [-0.4, -0.2) is 57.4 Å². The summed E-state index contributed by atoms with van der Waals surface area (Å²) in [5, 5.41) is 21.3. The normalized spacial score (nSPS) is 14.2. The number of nitrogens with one attached hydrogen (secondary N) is 1. The summed E-state index contributed by atoms with van der Waals surface area (Å²) in [5.41, 5.74) is -0.964. The highest BCUT2D eigenvalue weighted by atomic mass is 32.2. The number of methoxy groups -OCH3 is 1. The fraction of sp³-hybridized carbons (Fsp3) is 0.769. The van der Waals surface area contributed by atoms with Crippen molar-refractivity contribution in [3.8, 4) is 0 Å². The SMILES string of the molecule is COCCC(C)(O)CNC(=O)CSc1nncn1C(C)C. The summed E-state index contributed by atoms with van der Waals surface area (Å²) >= 11 is 1.33. The molecule has 0 saturated heterocycles. The molecule has 1 heterocycles.